The minimum Gasteiger partial charge on any atom is -0.490 e. The van der Waals surface area contributed by atoms with E-state index in [1.807, 2.05) is 57.2 Å². The average molecular weight is 341 g/mol. The Balaban J connectivity index is 1.74. The zero-order chi connectivity index (χ0) is 17.8. The Hall–Kier alpha value is -2.89. The van der Waals surface area contributed by atoms with Crippen molar-refractivity contribution >= 4 is 16.7 Å². The molecule has 0 atom stereocenters. The van der Waals surface area contributed by atoms with E-state index in [4.69, 9.17) is 9.47 Å². The van der Waals surface area contributed by atoms with Gasteiger partial charge in [0.25, 0.3) is 0 Å². The van der Waals surface area contributed by atoms with Crippen molar-refractivity contribution in [2.45, 2.75) is 33.4 Å². The van der Waals surface area contributed by atoms with E-state index in [9.17, 15) is 4.79 Å². The molecular weight excluding hydrogens is 318 g/mol. The molecule has 0 fully saturated rings. The Kier molecular flexibility index (Phi) is 4.97. The molecule has 0 unspecified atom stereocenters. The SMILES string of the molecule is CCOc1cc(CNc2ccc3[nH]c(=O)[nH]c3c2)ccc1OC(C)C. The van der Waals surface area contributed by atoms with Gasteiger partial charge in [0, 0.05) is 12.2 Å². The minimum absolute atomic E-state index is 0.0958. The first kappa shape index (κ1) is 17.0. The average Bonchev–Trinajstić information content (AvgIpc) is 2.94. The number of hydrogen-bond acceptors (Lipinski definition) is 4. The lowest BCUT2D eigenvalue weighted by Crippen LogP contribution is -2.08. The lowest BCUT2D eigenvalue weighted by Gasteiger charge is -2.16. The van der Waals surface area contributed by atoms with E-state index >= 15 is 0 Å². The second-order valence-electron chi connectivity index (χ2n) is 6.07. The van der Waals surface area contributed by atoms with Gasteiger partial charge in [-0.1, -0.05) is 6.07 Å². The van der Waals surface area contributed by atoms with E-state index in [-0.39, 0.29) is 11.8 Å². The molecule has 0 spiro atoms. The number of benzene rings is 2. The summed E-state index contributed by atoms with van der Waals surface area (Å²) in [5, 5.41) is 3.36. The third kappa shape index (κ3) is 4.15. The molecule has 3 aromatic rings. The second kappa shape index (κ2) is 7.34. The van der Waals surface area contributed by atoms with E-state index in [1.54, 1.807) is 0 Å². The van der Waals surface area contributed by atoms with Gasteiger partial charge in [0.2, 0.25) is 0 Å². The van der Waals surface area contributed by atoms with Gasteiger partial charge in [-0.3, -0.25) is 0 Å². The molecule has 25 heavy (non-hydrogen) atoms. The summed E-state index contributed by atoms with van der Waals surface area (Å²) in [6.45, 7) is 7.17. The summed E-state index contributed by atoms with van der Waals surface area (Å²) in [5.74, 6) is 1.51. The number of imidazole rings is 1. The van der Waals surface area contributed by atoms with E-state index in [0.717, 1.165) is 33.8 Å². The Labute approximate surface area is 146 Å². The van der Waals surface area contributed by atoms with Crippen molar-refractivity contribution < 1.29 is 9.47 Å². The number of ether oxygens (including phenoxy) is 2. The molecular formula is C19H23N3O3. The van der Waals surface area contributed by atoms with Crippen LogP contribution in [0, 0.1) is 0 Å². The summed E-state index contributed by atoms with van der Waals surface area (Å²) < 4.78 is 11.5. The van der Waals surface area contributed by atoms with Crippen LogP contribution in [0.1, 0.15) is 26.3 Å². The molecule has 0 aliphatic rings. The van der Waals surface area contributed by atoms with Crippen LogP contribution in [0.4, 0.5) is 5.69 Å². The number of hydrogen-bond donors (Lipinski definition) is 3. The van der Waals surface area contributed by atoms with Gasteiger partial charge in [0.05, 0.1) is 23.7 Å². The normalized spacial score (nSPS) is 11.0. The number of anilines is 1. The quantitative estimate of drug-likeness (QED) is 0.613. The van der Waals surface area contributed by atoms with Gasteiger partial charge in [0.1, 0.15) is 0 Å². The number of aromatic nitrogens is 2. The molecule has 3 N–H and O–H groups in total. The summed E-state index contributed by atoms with van der Waals surface area (Å²) in [7, 11) is 0. The predicted octanol–water partition coefficient (Wildman–Crippen LogP) is 3.65. The standard InChI is InChI=1S/C19H23N3O3/c1-4-24-18-9-13(5-8-17(18)25-12(2)3)11-20-14-6-7-15-16(10-14)22-19(23)21-15/h5-10,12,20H,4,11H2,1-3H3,(H2,21,22,23). The first-order chi connectivity index (χ1) is 12.0. The van der Waals surface area contributed by atoms with Gasteiger partial charge in [0.15, 0.2) is 11.5 Å². The third-order valence-corrected chi connectivity index (χ3v) is 3.68. The Morgan fingerprint density at radius 3 is 2.60 bits per heavy atom. The van der Waals surface area contributed by atoms with E-state index in [2.05, 4.69) is 15.3 Å². The summed E-state index contributed by atoms with van der Waals surface area (Å²) >= 11 is 0. The molecule has 132 valence electrons. The van der Waals surface area contributed by atoms with Gasteiger partial charge in [-0.25, -0.2) is 4.79 Å². The molecule has 0 aliphatic heterocycles. The maximum Gasteiger partial charge on any atom is 0.323 e. The first-order valence-corrected chi connectivity index (χ1v) is 8.43. The van der Waals surface area contributed by atoms with Gasteiger partial charge in [-0.15, -0.1) is 0 Å². The smallest absolute Gasteiger partial charge is 0.323 e. The van der Waals surface area contributed by atoms with Crippen molar-refractivity contribution in [3.8, 4) is 11.5 Å². The molecule has 3 rings (SSSR count). The van der Waals surface area contributed by atoms with Crippen molar-refractivity contribution in [2.75, 3.05) is 11.9 Å². The molecule has 0 bridgehead atoms. The molecule has 0 aliphatic carbocycles. The summed E-state index contributed by atoms with van der Waals surface area (Å²) in [6.07, 6.45) is 0.0958. The van der Waals surface area contributed by atoms with Crippen molar-refractivity contribution in [1.29, 1.82) is 0 Å². The highest BCUT2D eigenvalue weighted by molar-refractivity contribution is 5.78. The largest absolute Gasteiger partial charge is 0.490 e. The minimum atomic E-state index is -0.200. The first-order valence-electron chi connectivity index (χ1n) is 8.43. The zero-order valence-corrected chi connectivity index (χ0v) is 14.7. The Morgan fingerprint density at radius 2 is 1.84 bits per heavy atom. The molecule has 1 heterocycles. The maximum atomic E-state index is 11.3. The van der Waals surface area contributed by atoms with E-state index < -0.39 is 0 Å². The van der Waals surface area contributed by atoms with Crippen LogP contribution in [-0.4, -0.2) is 22.7 Å². The molecule has 6 heteroatoms. The maximum absolute atomic E-state index is 11.3. The molecule has 1 aromatic heterocycles. The molecule has 6 nitrogen and oxygen atoms in total. The third-order valence-electron chi connectivity index (χ3n) is 3.68. The van der Waals surface area contributed by atoms with Gasteiger partial charge >= 0.3 is 5.69 Å². The summed E-state index contributed by atoms with van der Waals surface area (Å²) in [4.78, 5) is 16.8. The Bertz CT molecular complexity index is 912. The van der Waals surface area contributed by atoms with Gasteiger partial charge in [-0.2, -0.15) is 0 Å². The molecule has 0 radical (unpaired) electrons. The number of fused-ring (bicyclic) bond motifs is 1. The number of aromatic amines is 2. The van der Waals surface area contributed by atoms with Crippen LogP contribution < -0.4 is 20.5 Å². The molecule has 0 saturated heterocycles. The van der Waals surface area contributed by atoms with Crippen molar-refractivity contribution in [3.05, 3.63) is 52.4 Å². The number of nitrogens with one attached hydrogen (secondary N) is 3. The fourth-order valence-corrected chi connectivity index (χ4v) is 2.63. The van der Waals surface area contributed by atoms with Crippen molar-refractivity contribution in [2.24, 2.45) is 0 Å². The predicted molar refractivity (Wildman–Crippen MR) is 99.6 cm³/mol. The van der Waals surface area contributed by atoms with Gasteiger partial charge in [-0.05, 0) is 56.7 Å². The summed E-state index contributed by atoms with van der Waals surface area (Å²) in [6, 6.07) is 11.7. The highest BCUT2D eigenvalue weighted by atomic mass is 16.5. The van der Waals surface area contributed by atoms with Gasteiger partial charge < -0.3 is 24.8 Å². The highest BCUT2D eigenvalue weighted by Crippen LogP contribution is 2.29. The number of H-pyrrole nitrogens is 2. The van der Waals surface area contributed by atoms with Crippen LogP contribution in [0.3, 0.4) is 0 Å². The fraction of sp³-hybridized carbons (Fsp3) is 0.316. The molecule has 0 amide bonds. The topological polar surface area (TPSA) is 79.1 Å². The highest BCUT2D eigenvalue weighted by Gasteiger charge is 2.08. The van der Waals surface area contributed by atoms with Crippen LogP contribution in [-0.2, 0) is 6.54 Å². The molecule has 0 saturated carbocycles. The molecule has 2 aromatic carbocycles. The van der Waals surface area contributed by atoms with E-state index in [0.29, 0.717) is 13.2 Å². The zero-order valence-electron chi connectivity index (χ0n) is 14.7. The van der Waals surface area contributed by atoms with Crippen molar-refractivity contribution in [1.82, 2.24) is 9.97 Å². The van der Waals surface area contributed by atoms with Crippen molar-refractivity contribution in [3.63, 3.8) is 0 Å². The fourth-order valence-electron chi connectivity index (χ4n) is 2.63. The van der Waals surface area contributed by atoms with Crippen LogP contribution in [0.25, 0.3) is 11.0 Å². The van der Waals surface area contributed by atoms with Crippen LogP contribution in [0.5, 0.6) is 11.5 Å². The lowest BCUT2D eigenvalue weighted by atomic mass is 10.2. The van der Waals surface area contributed by atoms with E-state index in [1.165, 1.54) is 0 Å². The van der Waals surface area contributed by atoms with Crippen LogP contribution >= 0.6 is 0 Å². The van der Waals surface area contributed by atoms with Crippen LogP contribution in [0.2, 0.25) is 0 Å². The van der Waals surface area contributed by atoms with Crippen LogP contribution in [0.15, 0.2) is 41.2 Å². The summed E-state index contributed by atoms with van der Waals surface area (Å²) in [5.41, 5.74) is 3.40. The lowest BCUT2D eigenvalue weighted by molar-refractivity contribution is 0.223. The monoisotopic (exact) mass is 341 g/mol. The second-order valence-corrected chi connectivity index (χ2v) is 6.07. The Morgan fingerprint density at radius 1 is 1.04 bits per heavy atom. The number of rotatable bonds is 7.